The maximum absolute atomic E-state index is 14.1. The molecule has 0 saturated carbocycles. The maximum atomic E-state index is 14.1. The van der Waals surface area contributed by atoms with E-state index in [2.05, 4.69) is 22.0 Å². The Morgan fingerprint density at radius 2 is 1.55 bits per heavy atom. The van der Waals surface area contributed by atoms with E-state index in [0.29, 0.717) is 54.8 Å². The second-order valence-electron chi connectivity index (χ2n) is 13.9. The number of aryl methyl sites for hydroxylation is 1. The molecule has 0 radical (unpaired) electrons. The van der Waals surface area contributed by atoms with Crippen LogP contribution in [0.4, 0.5) is 5.69 Å². The SMILES string of the molecule is Cc1cc(C[C@@H](CC(=O)N2CCC(n3nc(-c4ccccc4)[nH]c3=O)CC2)C(=O)N2CCC(C3CCN(C)CC3)CC2)cc(Cl)c1N. The van der Waals surface area contributed by atoms with Crippen LogP contribution in [0.5, 0.6) is 0 Å². The van der Waals surface area contributed by atoms with Crippen molar-refractivity contribution in [1.29, 1.82) is 0 Å². The number of likely N-dealkylation sites (tertiary alicyclic amines) is 3. The summed E-state index contributed by atoms with van der Waals surface area (Å²) in [5, 5.41) is 5.05. The minimum absolute atomic E-state index is 0.0272. The lowest BCUT2D eigenvalue weighted by atomic mass is 9.78. The number of nitrogens with two attached hydrogens (primary N) is 1. The van der Waals surface area contributed by atoms with E-state index in [9.17, 15) is 14.4 Å². The van der Waals surface area contributed by atoms with Gasteiger partial charge in [-0.3, -0.25) is 14.6 Å². The van der Waals surface area contributed by atoms with E-state index in [1.54, 1.807) is 0 Å². The molecule has 4 heterocycles. The van der Waals surface area contributed by atoms with Crippen LogP contribution in [-0.4, -0.2) is 87.6 Å². The number of amides is 2. The number of hydrogen-bond acceptors (Lipinski definition) is 6. The van der Waals surface area contributed by atoms with Gasteiger partial charge in [0.25, 0.3) is 0 Å². The fourth-order valence-electron chi connectivity index (χ4n) is 7.83. The number of benzene rings is 2. The molecule has 3 aliphatic heterocycles. The highest BCUT2D eigenvalue weighted by Crippen LogP contribution is 2.34. The third-order valence-corrected chi connectivity index (χ3v) is 11.1. The summed E-state index contributed by atoms with van der Waals surface area (Å²) in [5.41, 5.74) is 9.06. The molecule has 6 rings (SSSR count). The fourth-order valence-corrected chi connectivity index (χ4v) is 8.12. The monoisotopic (exact) mass is 661 g/mol. The van der Waals surface area contributed by atoms with Gasteiger partial charge >= 0.3 is 5.69 Å². The first kappa shape index (κ1) is 33.3. The van der Waals surface area contributed by atoms with Gasteiger partial charge in [-0.25, -0.2) is 9.48 Å². The summed E-state index contributed by atoms with van der Waals surface area (Å²) in [7, 11) is 2.19. The zero-order chi connectivity index (χ0) is 33.1. The van der Waals surface area contributed by atoms with Crippen LogP contribution < -0.4 is 11.4 Å². The third-order valence-electron chi connectivity index (χ3n) is 10.8. The number of aromatic amines is 1. The minimum atomic E-state index is -0.485. The number of carbonyl (C=O) groups is 2. The number of H-pyrrole nitrogens is 1. The molecular weight excluding hydrogens is 614 g/mol. The lowest BCUT2D eigenvalue weighted by molar-refractivity contribution is -0.143. The van der Waals surface area contributed by atoms with Crippen LogP contribution in [0, 0.1) is 24.7 Å². The zero-order valence-corrected chi connectivity index (χ0v) is 28.4. The van der Waals surface area contributed by atoms with Gasteiger partial charge in [0.2, 0.25) is 11.8 Å². The van der Waals surface area contributed by atoms with Crippen molar-refractivity contribution in [2.75, 3.05) is 52.0 Å². The van der Waals surface area contributed by atoms with Crippen molar-refractivity contribution in [2.45, 2.75) is 64.3 Å². The molecule has 10 nitrogen and oxygen atoms in total. The Morgan fingerprint density at radius 1 is 0.936 bits per heavy atom. The van der Waals surface area contributed by atoms with Crippen molar-refractivity contribution < 1.29 is 9.59 Å². The number of aromatic nitrogens is 3. The van der Waals surface area contributed by atoms with Gasteiger partial charge in [-0.1, -0.05) is 48.0 Å². The molecule has 3 fully saturated rings. The molecule has 2 amide bonds. The maximum Gasteiger partial charge on any atom is 0.343 e. The van der Waals surface area contributed by atoms with E-state index >= 15 is 0 Å². The van der Waals surface area contributed by atoms with Crippen LogP contribution >= 0.6 is 11.6 Å². The van der Waals surface area contributed by atoms with E-state index in [4.69, 9.17) is 17.3 Å². The molecule has 252 valence electrons. The summed E-state index contributed by atoms with van der Waals surface area (Å²) >= 11 is 6.44. The first-order valence-electron chi connectivity index (χ1n) is 17.2. The van der Waals surface area contributed by atoms with Crippen LogP contribution in [0.3, 0.4) is 0 Å². The van der Waals surface area contributed by atoms with Crippen molar-refractivity contribution in [1.82, 2.24) is 29.5 Å². The van der Waals surface area contributed by atoms with E-state index < -0.39 is 5.92 Å². The van der Waals surface area contributed by atoms with Gasteiger partial charge in [-0.05, 0) is 101 Å². The van der Waals surface area contributed by atoms with Gasteiger partial charge in [-0.2, -0.15) is 0 Å². The lowest BCUT2D eigenvalue weighted by Crippen LogP contribution is -2.46. The Hall–Kier alpha value is -3.63. The number of carbonyl (C=O) groups excluding carboxylic acids is 2. The highest BCUT2D eigenvalue weighted by Gasteiger charge is 2.35. The Kier molecular flexibility index (Phi) is 10.4. The van der Waals surface area contributed by atoms with Gasteiger partial charge in [0.15, 0.2) is 5.82 Å². The quantitative estimate of drug-likeness (QED) is 0.336. The number of nitrogens with zero attached hydrogens (tertiary/aromatic N) is 5. The highest BCUT2D eigenvalue weighted by atomic mass is 35.5. The van der Waals surface area contributed by atoms with Crippen LogP contribution in [0.1, 0.15) is 62.1 Å². The van der Waals surface area contributed by atoms with Crippen molar-refractivity contribution in [3.8, 4) is 11.4 Å². The van der Waals surface area contributed by atoms with Crippen molar-refractivity contribution >= 4 is 29.1 Å². The molecule has 0 spiro atoms. The number of hydrogen-bond donors (Lipinski definition) is 2. The van der Waals surface area contributed by atoms with Crippen LogP contribution in [0.25, 0.3) is 11.4 Å². The van der Waals surface area contributed by atoms with E-state index in [0.717, 1.165) is 61.6 Å². The molecule has 0 bridgehead atoms. The molecule has 2 aromatic carbocycles. The first-order chi connectivity index (χ1) is 22.7. The average molecular weight is 662 g/mol. The van der Waals surface area contributed by atoms with Gasteiger partial charge in [0, 0.05) is 38.2 Å². The van der Waals surface area contributed by atoms with Gasteiger partial charge in [-0.15, -0.1) is 5.10 Å². The number of piperidine rings is 3. The molecule has 0 aliphatic carbocycles. The van der Waals surface area contributed by atoms with Gasteiger partial charge < -0.3 is 20.4 Å². The Bertz CT molecular complexity index is 1570. The predicted molar refractivity (Wildman–Crippen MR) is 185 cm³/mol. The highest BCUT2D eigenvalue weighted by molar-refractivity contribution is 6.33. The summed E-state index contributed by atoms with van der Waals surface area (Å²) < 4.78 is 1.53. The van der Waals surface area contributed by atoms with Gasteiger partial charge in [0.1, 0.15) is 0 Å². The van der Waals surface area contributed by atoms with Gasteiger partial charge in [0.05, 0.1) is 22.7 Å². The lowest BCUT2D eigenvalue weighted by Gasteiger charge is -2.40. The molecule has 11 heteroatoms. The second kappa shape index (κ2) is 14.6. The Balaban J connectivity index is 1.10. The average Bonchev–Trinajstić information content (AvgIpc) is 3.48. The summed E-state index contributed by atoms with van der Waals surface area (Å²) in [6, 6.07) is 13.3. The molecule has 1 aromatic heterocycles. The topological polar surface area (TPSA) is 121 Å². The largest absolute Gasteiger partial charge is 0.397 e. The number of anilines is 1. The molecule has 3 saturated heterocycles. The van der Waals surface area contributed by atoms with Crippen LogP contribution in [0.2, 0.25) is 5.02 Å². The molecule has 3 N–H and O–H groups in total. The van der Waals surface area contributed by atoms with Crippen molar-refractivity contribution in [3.05, 3.63) is 69.1 Å². The minimum Gasteiger partial charge on any atom is -0.397 e. The molecule has 0 unspecified atom stereocenters. The summed E-state index contributed by atoms with van der Waals surface area (Å²) in [6.45, 7) is 6.74. The molecule has 3 aliphatic rings. The smallest absolute Gasteiger partial charge is 0.343 e. The number of rotatable bonds is 8. The van der Waals surface area contributed by atoms with Crippen LogP contribution in [0.15, 0.2) is 47.3 Å². The van der Waals surface area contributed by atoms with Crippen molar-refractivity contribution in [3.63, 3.8) is 0 Å². The third kappa shape index (κ3) is 7.75. The number of halogens is 1. The molecule has 1 atom stereocenters. The van der Waals surface area contributed by atoms with E-state index in [1.807, 2.05) is 59.2 Å². The number of nitrogens with one attached hydrogen (secondary N) is 1. The van der Waals surface area contributed by atoms with E-state index in [1.165, 1.54) is 17.5 Å². The van der Waals surface area contributed by atoms with Crippen LogP contribution in [-0.2, 0) is 16.0 Å². The van der Waals surface area contributed by atoms with E-state index in [-0.39, 0.29) is 30.0 Å². The summed E-state index contributed by atoms with van der Waals surface area (Å²) in [4.78, 5) is 49.8. The first-order valence-corrected chi connectivity index (χ1v) is 17.6. The standard InChI is InChI=1S/C36H48ClN7O3/c1-24-20-25(22-31(37)33(24)38)21-29(35(46)43-16-10-27(11-17-43)26-8-14-41(2)15-9-26)23-32(45)42-18-12-30(13-19-42)44-36(47)39-34(40-44)28-6-4-3-5-7-28/h3-7,20,22,26-27,29-30H,8-19,21,23,38H2,1-2H3,(H,39,40,47)/t29-/m0/s1. The molecular formula is C36H48ClN7O3. The number of nitrogen functional groups attached to an aromatic ring is 1. The van der Waals surface area contributed by atoms with Crippen molar-refractivity contribution in [2.24, 2.45) is 17.8 Å². The molecule has 47 heavy (non-hydrogen) atoms. The summed E-state index contributed by atoms with van der Waals surface area (Å²) in [5.74, 6) is 1.49. The Morgan fingerprint density at radius 3 is 2.19 bits per heavy atom. The zero-order valence-electron chi connectivity index (χ0n) is 27.7. The second-order valence-corrected chi connectivity index (χ2v) is 14.3. The summed E-state index contributed by atoms with van der Waals surface area (Å²) in [6.07, 6.45) is 6.36. The predicted octanol–water partition coefficient (Wildman–Crippen LogP) is 4.78. The normalized spacial score (nSPS) is 19.6. The molecule has 3 aromatic rings. The fraction of sp³-hybridized carbons (Fsp3) is 0.556. The Labute approximate surface area is 282 Å².